The second-order valence-electron chi connectivity index (χ2n) is 10.7. The summed E-state index contributed by atoms with van der Waals surface area (Å²) >= 11 is 0. The van der Waals surface area contributed by atoms with Crippen molar-refractivity contribution in [1.29, 1.82) is 0 Å². The van der Waals surface area contributed by atoms with E-state index < -0.39 is 29.6 Å². The molecule has 0 aromatic rings. The number of aliphatic hydroxyl groups excluding tert-OH is 1. The van der Waals surface area contributed by atoms with Gasteiger partial charge in [0.2, 0.25) is 0 Å². The van der Waals surface area contributed by atoms with E-state index in [4.69, 9.17) is 19.3 Å². The van der Waals surface area contributed by atoms with Gasteiger partial charge in [-0.2, -0.15) is 0 Å². The minimum absolute atomic E-state index is 0.124. The predicted molar refractivity (Wildman–Crippen MR) is 125 cm³/mol. The third-order valence-electron chi connectivity index (χ3n) is 5.47. The van der Waals surface area contributed by atoms with Gasteiger partial charge in [-0.1, -0.05) is 13.8 Å². The second-order valence-corrected chi connectivity index (χ2v) is 10.7. The third kappa shape index (κ3) is 10.5. The van der Waals surface area contributed by atoms with Crippen molar-refractivity contribution in [3.63, 3.8) is 0 Å². The van der Waals surface area contributed by atoms with Gasteiger partial charge in [0.05, 0.1) is 18.8 Å². The monoisotopic (exact) mass is 476 g/mol. The van der Waals surface area contributed by atoms with Crippen molar-refractivity contribution in [2.24, 2.45) is 0 Å². The van der Waals surface area contributed by atoms with E-state index in [1.54, 1.807) is 25.7 Å². The summed E-state index contributed by atoms with van der Waals surface area (Å²) in [6.07, 6.45) is 1.63. The molecule has 0 atom stereocenters. The van der Waals surface area contributed by atoms with Crippen molar-refractivity contribution in [2.45, 2.75) is 104 Å². The molecule has 0 aromatic heterocycles. The first-order valence-corrected chi connectivity index (χ1v) is 12.1. The van der Waals surface area contributed by atoms with Crippen molar-refractivity contribution >= 4 is 12.2 Å². The van der Waals surface area contributed by atoms with Gasteiger partial charge < -0.3 is 29.1 Å². The summed E-state index contributed by atoms with van der Waals surface area (Å²) in [4.78, 5) is 26.6. The Labute approximate surface area is 198 Å². The number of alkyl halides is 1. The number of piperidine rings is 2. The van der Waals surface area contributed by atoms with Gasteiger partial charge in [-0.3, -0.25) is 0 Å². The Bertz CT molecular complexity index is 622. The highest BCUT2D eigenvalue weighted by atomic mass is 19.1. The minimum atomic E-state index is -1.53. The molecule has 3 aliphatic rings. The quantitative estimate of drug-likeness (QED) is 0.559. The number of nitrogens with zero attached hydrogens (tertiary/aromatic N) is 2. The van der Waals surface area contributed by atoms with Crippen LogP contribution in [0.3, 0.4) is 0 Å². The van der Waals surface area contributed by atoms with Gasteiger partial charge in [-0.05, 0) is 54.4 Å². The lowest BCUT2D eigenvalue weighted by atomic mass is 9.95. The molecule has 8 nitrogen and oxygen atoms in total. The molecule has 0 aromatic carbocycles. The molecule has 0 radical (unpaired) electrons. The number of hydrogen-bond acceptors (Lipinski definition) is 6. The SMILES string of the molecule is CC.CC(C)(C)OC(=O)N1CCC(F)(CO)CC1.CC(C)(C)OC(=O)N1CCC2(CC1)CO2. The van der Waals surface area contributed by atoms with E-state index in [0.717, 1.165) is 32.5 Å². The van der Waals surface area contributed by atoms with Crippen molar-refractivity contribution in [3.8, 4) is 0 Å². The number of amides is 2. The van der Waals surface area contributed by atoms with Gasteiger partial charge in [0.25, 0.3) is 0 Å². The van der Waals surface area contributed by atoms with E-state index in [1.807, 2.05) is 34.6 Å². The summed E-state index contributed by atoms with van der Waals surface area (Å²) in [5.74, 6) is 0. The lowest BCUT2D eigenvalue weighted by Gasteiger charge is -2.36. The van der Waals surface area contributed by atoms with Crippen LogP contribution in [0.15, 0.2) is 0 Å². The summed E-state index contributed by atoms with van der Waals surface area (Å²) in [6, 6.07) is 0. The highest BCUT2D eigenvalue weighted by Crippen LogP contribution is 2.37. The van der Waals surface area contributed by atoms with Crippen LogP contribution >= 0.6 is 0 Å². The Morgan fingerprint density at radius 2 is 1.18 bits per heavy atom. The number of hydrogen-bond donors (Lipinski definition) is 1. The van der Waals surface area contributed by atoms with Crippen molar-refractivity contribution < 1.29 is 33.3 Å². The van der Waals surface area contributed by atoms with Crippen LogP contribution in [0.4, 0.5) is 14.0 Å². The van der Waals surface area contributed by atoms with Gasteiger partial charge in [0, 0.05) is 39.0 Å². The first-order valence-electron chi connectivity index (χ1n) is 12.1. The molecule has 3 heterocycles. The van der Waals surface area contributed by atoms with E-state index >= 15 is 0 Å². The first kappa shape index (κ1) is 29.4. The smallest absolute Gasteiger partial charge is 0.410 e. The Morgan fingerprint density at radius 1 is 0.848 bits per heavy atom. The number of halogens is 1. The molecule has 1 N–H and O–H groups in total. The molecular formula is C24H45FN2O6. The number of rotatable bonds is 1. The molecule has 3 fully saturated rings. The third-order valence-corrected chi connectivity index (χ3v) is 5.47. The predicted octanol–water partition coefficient (Wildman–Crippen LogP) is 4.53. The molecular weight excluding hydrogens is 431 g/mol. The zero-order valence-corrected chi connectivity index (χ0v) is 21.8. The van der Waals surface area contributed by atoms with Gasteiger partial charge in [0.15, 0.2) is 0 Å². The molecule has 0 aliphatic carbocycles. The number of likely N-dealkylation sites (tertiary alicyclic amines) is 2. The zero-order chi connectivity index (χ0) is 25.5. The first-order chi connectivity index (χ1) is 15.2. The summed E-state index contributed by atoms with van der Waals surface area (Å²) in [6.45, 7) is 17.6. The standard InChI is InChI=1S/C11H20FNO3.C11H19NO3.C2H6/c1-10(2,3)16-9(15)13-6-4-11(12,8-14)5-7-13;1-10(2,3)15-9(13)12-6-4-11(5-7-12)8-14-11;1-2/h14H,4-8H2,1-3H3;4-8H2,1-3H3;1-2H3. The summed E-state index contributed by atoms with van der Waals surface area (Å²) in [5.41, 5.74) is -2.34. The van der Waals surface area contributed by atoms with Crippen molar-refractivity contribution in [3.05, 3.63) is 0 Å². The molecule has 0 bridgehead atoms. The normalized spacial score (nSPS) is 21.2. The minimum Gasteiger partial charge on any atom is -0.444 e. The van der Waals surface area contributed by atoms with Crippen LogP contribution in [0.1, 0.15) is 81.1 Å². The molecule has 9 heteroatoms. The molecule has 3 rings (SSSR count). The molecule has 2 amide bonds. The van der Waals surface area contributed by atoms with Gasteiger partial charge >= 0.3 is 12.2 Å². The van der Waals surface area contributed by atoms with Crippen molar-refractivity contribution in [2.75, 3.05) is 39.4 Å². The fourth-order valence-corrected chi connectivity index (χ4v) is 3.39. The molecule has 1 spiro atoms. The molecule has 194 valence electrons. The number of carbonyl (C=O) groups excluding carboxylic acids is 2. The van der Waals surface area contributed by atoms with Crippen LogP contribution in [-0.2, 0) is 14.2 Å². The summed E-state index contributed by atoms with van der Waals surface area (Å²) in [7, 11) is 0. The van der Waals surface area contributed by atoms with E-state index in [0.29, 0.717) is 13.1 Å². The summed E-state index contributed by atoms with van der Waals surface area (Å²) in [5, 5.41) is 8.85. The molecule has 33 heavy (non-hydrogen) atoms. The average molecular weight is 477 g/mol. The van der Waals surface area contributed by atoms with E-state index in [-0.39, 0.29) is 24.5 Å². The maximum absolute atomic E-state index is 13.6. The Balaban J connectivity index is 0.000000307. The van der Waals surface area contributed by atoms with Gasteiger partial charge in [-0.25, -0.2) is 14.0 Å². The van der Waals surface area contributed by atoms with Crippen LogP contribution in [0, 0.1) is 0 Å². The maximum Gasteiger partial charge on any atom is 0.410 e. The van der Waals surface area contributed by atoms with Crippen LogP contribution in [0.5, 0.6) is 0 Å². The van der Waals surface area contributed by atoms with Crippen molar-refractivity contribution in [1.82, 2.24) is 9.80 Å². The number of carbonyl (C=O) groups is 2. The van der Waals surface area contributed by atoms with Crippen LogP contribution < -0.4 is 0 Å². The molecule has 3 saturated heterocycles. The van der Waals surface area contributed by atoms with E-state index in [9.17, 15) is 14.0 Å². The van der Waals surface area contributed by atoms with E-state index in [1.165, 1.54) is 4.90 Å². The zero-order valence-electron chi connectivity index (χ0n) is 21.8. The average Bonchev–Trinajstić information content (AvgIpc) is 3.47. The summed E-state index contributed by atoms with van der Waals surface area (Å²) < 4.78 is 29.5. The molecule has 3 aliphatic heterocycles. The van der Waals surface area contributed by atoms with Gasteiger partial charge in [-0.15, -0.1) is 0 Å². The lowest BCUT2D eigenvalue weighted by Crippen LogP contribution is -2.47. The highest BCUT2D eigenvalue weighted by molar-refractivity contribution is 5.68. The number of ether oxygens (including phenoxy) is 3. The van der Waals surface area contributed by atoms with Crippen LogP contribution in [-0.4, -0.2) is 89.0 Å². The fraction of sp³-hybridized carbons (Fsp3) is 0.917. The molecule has 0 unspecified atom stereocenters. The molecule has 0 saturated carbocycles. The maximum atomic E-state index is 13.6. The Morgan fingerprint density at radius 3 is 1.45 bits per heavy atom. The van der Waals surface area contributed by atoms with Crippen LogP contribution in [0.2, 0.25) is 0 Å². The largest absolute Gasteiger partial charge is 0.444 e. The van der Waals surface area contributed by atoms with Gasteiger partial charge in [0.1, 0.15) is 16.9 Å². The Kier molecular flexibility index (Phi) is 10.4. The Hall–Kier alpha value is -1.61. The number of aliphatic hydroxyl groups is 1. The topological polar surface area (TPSA) is 91.8 Å². The second kappa shape index (κ2) is 11.7. The lowest BCUT2D eigenvalue weighted by molar-refractivity contribution is -0.0132. The number of epoxide rings is 1. The highest BCUT2D eigenvalue weighted by Gasteiger charge is 2.47. The van der Waals surface area contributed by atoms with E-state index in [2.05, 4.69) is 0 Å². The fourth-order valence-electron chi connectivity index (χ4n) is 3.39. The van der Waals surface area contributed by atoms with Crippen LogP contribution in [0.25, 0.3) is 0 Å².